The van der Waals surface area contributed by atoms with E-state index in [2.05, 4.69) is 21.2 Å². The minimum atomic E-state index is -0.654. The fourth-order valence-electron chi connectivity index (χ4n) is 3.58. The zero-order valence-electron chi connectivity index (χ0n) is 14.9. The molecule has 7 heteroatoms. The summed E-state index contributed by atoms with van der Waals surface area (Å²) in [5.41, 5.74) is 0.495. The Morgan fingerprint density at radius 2 is 2.00 bits per heavy atom. The molecule has 0 spiro atoms. The van der Waals surface area contributed by atoms with E-state index in [1.54, 1.807) is 29.2 Å². The summed E-state index contributed by atoms with van der Waals surface area (Å²) in [6.07, 6.45) is 0.981. The number of amides is 2. The van der Waals surface area contributed by atoms with E-state index in [1.165, 1.54) is 0 Å². The van der Waals surface area contributed by atoms with Crippen LogP contribution in [0.25, 0.3) is 0 Å². The van der Waals surface area contributed by atoms with Crippen LogP contribution in [0.15, 0.2) is 28.7 Å². The molecule has 0 radical (unpaired) electrons. The molecule has 2 aliphatic heterocycles. The number of benzene rings is 1. The normalized spacial score (nSPS) is 23.2. The van der Waals surface area contributed by atoms with Gasteiger partial charge in [0.15, 0.2) is 5.78 Å². The Bertz CT molecular complexity index is 704. The lowest BCUT2D eigenvalue weighted by molar-refractivity contribution is -0.138. The van der Waals surface area contributed by atoms with E-state index in [4.69, 9.17) is 4.74 Å². The number of ether oxygens (including phenoxy) is 1. The Morgan fingerprint density at radius 1 is 1.31 bits per heavy atom. The second-order valence-electron chi connectivity index (χ2n) is 7.24. The zero-order valence-corrected chi connectivity index (χ0v) is 16.5. The van der Waals surface area contributed by atoms with E-state index >= 15 is 0 Å². The molecular weight excluding hydrogens is 400 g/mol. The molecule has 1 aromatic rings. The lowest BCUT2D eigenvalue weighted by Gasteiger charge is -2.28. The van der Waals surface area contributed by atoms with Gasteiger partial charge in [-0.3, -0.25) is 14.4 Å². The van der Waals surface area contributed by atoms with Gasteiger partial charge >= 0.3 is 0 Å². The molecule has 2 aliphatic rings. The minimum Gasteiger partial charge on any atom is -0.368 e. The molecule has 0 saturated carbocycles. The first-order valence-corrected chi connectivity index (χ1v) is 9.67. The fraction of sp³-hybridized carbons (Fsp3) is 0.526. The first kappa shape index (κ1) is 19.0. The monoisotopic (exact) mass is 422 g/mol. The summed E-state index contributed by atoms with van der Waals surface area (Å²) in [7, 11) is 0. The maximum absolute atomic E-state index is 13.1. The summed E-state index contributed by atoms with van der Waals surface area (Å²) >= 11 is 3.34. The topological polar surface area (TPSA) is 75.7 Å². The van der Waals surface area contributed by atoms with E-state index in [-0.39, 0.29) is 36.2 Å². The van der Waals surface area contributed by atoms with Crippen LogP contribution in [0, 0.1) is 5.92 Å². The third-order valence-corrected chi connectivity index (χ3v) is 5.34. The van der Waals surface area contributed by atoms with Gasteiger partial charge in [-0.25, -0.2) is 0 Å². The average molecular weight is 423 g/mol. The molecule has 0 aromatic heterocycles. The van der Waals surface area contributed by atoms with Crippen LogP contribution in [-0.4, -0.2) is 53.8 Å². The molecule has 1 unspecified atom stereocenters. The Hall–Kier alpha value is -1.73. The standard InChI is InChI=1S/C19H23BrN2O4/c1-11(2)9-14(21-18(24)12-3-5-13(20)6-4-12)19(25)22-8-7-16-17(22)15(23)10-26-16/h3-6,11,14,16-17H,7-10H2,1-2H3,(H,21,24)/t14?,16-,17-/m1/s1. The number of rotatable bonds is 5. The van der Waals surface area contributed by atoms with E-state index < -0.39 is 12.1 Å². The second-order valence-corrected chi connectivity index (χ2v) is 8.16. The Balaban J connectivity index is 1.75. The number of halogens is 1. The fourth-order valence-corrected chi connectivity index (χ4v) is 3.84. The van der Waals surface area contributed by atoms with E-state index in [9.17, 15) is 14.4 Å². The van der Waals surface area contributed by atoms with Crippen LogP contribution in [-0.2, 0) is 14.3 Å². The van der Waals surface area contributed by atoms with Gasteiger partial charge in [0.1, 0.15) is 18.7 Å². The molecule has 3 rings (SSSR count). The van der Waals surface area contributed by atoms with Crippen LogP contribution < -0.4 is 5.32 Å². The average Bonchev–Trinajstić information content (AvgIpc) is 3.17. The maximum atomic E-state index is 13.1. The van der Waals surface area contributed by atoms with E-state index in [0.29, 0.717) is 24.9 Å². The number of carbonyl (C=O) groups excluding carboxylic acids is 3. The number of fused-ring (bicyclic) bond motifs is 1. The maximum Gasteiger partial charge on any atom is 0.251 e. The van der Waals surface area contributed by atoms with Crippen LogP contribution in [0.3, 0.4) is 0 Å². The number of ketones is 1. The molecule has 0 bridgehead atoms. The summed E-state index contributed by atoms with van der Waals surface area (Å²) in [6.45, 7) is 4.56. The largest absolute Gasteiger partial charge is 0.368 e. The molecule has 26 heavy (non-hydrogen) atoms. The molecule has 2 fully saturated rings. The Kier molecular flexibility index (Phi) is 5.77. The van der Waals surface area contributed by atoms with Gasteiger partial charge in [0.25, 0.3) is 5.91 Å². The van der Waals surface area contributed by atoms with Gasteiger partial charge in [0, 0.05) is 16.6 Å². The van der Waals surface area contributed by atoms with Crippen molar-refractivity contribution in [3.8, 4) is 0 Å². The highest BCUT2D eigenvalue weighted by atomic mass is 79.9. The highest BCUT2D eigenvalue weighted by Crippen LogP contribution is 2.28. The summed E-state index contributed by atoms with van der Waals surface area (Å²) in [5.74, 6) is -0.316. The lowest BCUT2D eigenvalue weighted by atomic mass is 10.0. The van der Waals surface area contributed by atoms with Crippen molar-refractivity contribution in [3.63, 3.8) is 0 Å². The molecule has 6 nitrogen and oxygen atoms in total. The van der Waals surface area contributed by atoms with Crippen LogP contribution in [0.1, 0.15) is 37.0 Å². The number of hydrogen-bond donors (Lipinski definition) is 1. The van der Waals surface area contributed by atoms with Crippen molar-refractivity contribution in [3.05, 3.63) is 34.3 Å². The van der Waals surface area contributed by atoms with Crippen molar-refractivity contribution in [1.29, 1.82) is 0 Å². The van der Waals surface area contributed by atoms with E-state index in [1.807, 2.05) is 13.8 Å². The minimum absolute atomic E-state index is 0.0524. The Morgan fingerprint density at radius 3 is 2.65 bits per heavy atom. The number of Topliss-reactive ketones (excluding diaryl/α,β-unsaturated/α-hetero) is 1. The van der Waals surface area contributed by atoms with Gasteiger partial charge in [0.2, 0.25) is 5.91 Å². The van der Waals surface area contributed by atoms with Crippen molar-refractivity contribution >= 4 is 33.5 Å². The molecular formula is C19H23BrN2O4. The third-order valence-electron chi connectivity index (χ3n) is 4.81. The number of hydrogen-bond acceptors (Lipinski definition) is 4. The molecule has 1 aromatic carbocycles. The highest BCUT2D eigenvalue weighted by Gasteiger charge is 2.48. The van der Waals surface area contributed by atoms with Crippen LogP contribution >= 0.6 is 15.9 Å². The molecule has 0 aliphatic carbocycles. The summed E-state index contributed by atoms with van der Waals surface area (Å²) in [5, 5.41) is 2.86. The van der Waals surface area contributed by atoms with Gasteiger partial charge in [-0.1, -0.05) is 29.8 Å². The molecule has 3 atom stereocenters. The lowest BCUT2D eigenvalue weighted by Crippen LogP contribution is -2.52. The first-order chi connectivity index (χ1) is 12.4. The highest BCUT2D eigenvalue weighted by molar-refractivity contribution is 9.10. The van der Waals surface area contributed by atoms with Gasteiger partial charge in [-0.15, -0.1) is 0 Å². The second kappa shape index (κ2) is 7.88. The predicted octanol–water partition coefficient (Wildman–Crippen LogP) is 2.16. The molecule has 140 valence electrons. The van der Waals surface area contributed by atoms with Crippen molar-refractivity contribution in [1.82, 2.24) is 10.2 Å². The molecule has 1 N–H and O–H groups in total. The molecule has 2 heterocycles. The zero-order chi connectivity index (χ0) is 18.8. The van der Waals surface area contributed by atoms with Crippen LogP contribution in [0.2, 0.25) is 0 Å². The SMILES string of the molecule is CC(C)CC(NC(=O)c1ccc(Br)cc1)C(=O)N1CC[C@H]2OCC(=O)[C@H]21. The van der Waals surface area contributed by atoms with Crippen LogP contribution in [0.5, 0.6) is 0 Å². The number of likely N-dealkylation sites (tertiary alicyclic amines) is 1. The first-order valence-electron chi connectivity index (χ1n) is 8.88. The van der Waals surface area contributed by atoms with Gasteiger partial charge in [-0.05, 0) is 43.0 Å². The van der Waals surface area contributed by atoms with Crippen molar-refractivity contribution in [2.75, 3.05) is 13.2 Å². The number of nitrogens with one attached hydrogen (secondary N) is 1. The van der Waals surface area contributed by atoms with Crippen molar-refractivity contribution in [2.45, 2.75) is 44.9 Å². The van der Waals surface area contributed by atoms with Crippen molar-refractivity contribution < 1.29 is 19.1 Å². The smallest absolute Gasteiger partial charge is 0.251 e. The number of carbonyl (C=O) groups is 3. The summed E-state index contributed by atoms with van der Waals surface area (Å²) < 4.78 is 6.34. The third kappa shape index (κ3) is 3.99. The van der Waals surface area contributed by atoms with Gasteiger partial charge in [-0.2, -0.15) is 0 Å². The summed E-state index contributed by atoms with van der Waals surface area (Å²) in [6, 6.07) is 5.83. The van der Waals surface area contributed by atoms with Crippen molar-refractivity contribution in [2.24, 2.45) is 5.92 Å². The predicted molar refractivity (Wildman–Crippen MR) is 99.7 cm³/mol. The van der Waals surface area contributed by atoms with Gasteiger partial charge in [0.05, 0.1) is 6.10 Å². The van der Waals surface area contributed by atoms with E-state index in [0.717, 1.165) is 4.47 Å². The van der Waals surface area contributed by atoms with Gasteiger partial charge < -0.3 is 15.0 Å². The van der Waals surface area contributed by atoms with Crippen LogP contribution in [0.4, 0.5) is 0 Å². The molecule has 2 saturated heterocycles. The number of nitrogens with zero attached hydrogens (tertiary/aromatic N) is 1. The summed E-state index contributed by atoms with van der Waals surface area (Å²) in [4.78, 5) is 39.3. The quantitative estimate of drug-likeness (QED) is 0.788. The molecule has 2 amide bonds. The Labute approximate surface area is 161 Å².